The monoisotopic (exact) mass is 323 g/mol. The molecule has 1 aliphatic rings. The lowest BCUT2D eigenvalue weighted by atomic mass is 9.97. The van der Waals surface area contributed by atoms with Gasteiger partial charge in [-0.25, -0.2) is 4.98 Å². The summed E-state index contributed by atoms with van der Waals surface area (Å²) < 4.78 is 7.33. The van der Waals surface area contributed by atoms with Crippen LogP contribution in [0.25, 0.3) is 5.65 Å². The van der Waals surface area contributed by atoms with Gasteiger partial charge in [-0.15, -0.1) is 10.2 Å². The average molecular weight is 323 g/mol. The molecule has 1 aliphatic heterocycles. The van der Waals surface area contributed by atoms with Crippen molar-refractivity contribution in [3.05, 3.63) is 54.1 Å². The van der Waals surface area contributed by atoms with E-state index in [0.29, 0.717) is 11.8 Å². The van der Waals surface area contributed by atoms with E-state index in [1.807, 2.05) is 36.5 Å². The molecule has 0 saturated carbocycles. The molecular formula is C18H21N5O. The molecule has 0 aliphatic carbocycles. The minimum Gasteiger partial charge on any atom is -0.481 e. The molecule has 24 heavy (non-hydrogen) atoms. The van der Waals surface area contributed by atoms with Crippen molar-refractivity contribution in [2.45, 2.75) is 25.3 Å². The van der Waals surface area contributed by atoms with Crippen molar-refractivity contribution in [1.82, 2.24) is 24.5 Å². The maximum Gasteiger partial charge on any atom is 0.213 e. The third-order valence-electron chi connectivity index (χ3n) is 4.59. The van der Waals surface area contributed by atoms with Crippen molar-refractivity contribution >= 4 is 5.65 Å². The van der Waals surface area contributed by atoms with Crippen LogP contribution in [-0.4, -0.2) is 44.7 Å². The standard InChI is InChI=1S/C18H21N5O/c1-24-17-9-4-7-15(19-17)13-22-10-5-6-14(12-22)18-21-20-16-8-2-3-11-23(16)18/h2-4,7-9,11,14H,5-6,10,12-13H2,1H3/t14-/m0/s1. The minimum absolute atomic E-state index is 0.404. The van der Waals surface area contributed by atoms with Crippen LogP contribution < -0.4 is 4.74 Å². The fraction of sp³-hybridized carbons (Fsp3) is 0.389. The zero-order valence-corrected chi connectivity index (χ0v) is 13.8. The van der Waals surface area contributed by atoms with Crippen LogP contribution in [-0.2, 0) is 6.54 Å². The molecule has 124 valence electrons. The second kappa shape index (κ2) is 6.57. The molecule has 4 rings (SSSR count). The molecule has 0 radical (unpaired) electrons. The van der Waals surface area contributed by atoms with Crippen LogP contribution in [0.1, 0.15) is 30.3 Å². The number of rotatable bonds is 4. The van der Waals surface area contributed by atoms with E-state index in [4.69, 9.17) is 4.74 Å². The predicted octanol–water partition coefficient (Wildman–Crippen LogP) is 2.51. The summed E-state index contributed by atoms with van der Waals surface area (Å²) in [6, 6.07) is 11.9. The van der Waals surface area contributed by atoms with Crippen molar-refractivity contribution in [2.75, 3.05) is 20.2 Å². The van der Waals surface area contributed by atoms with Gasteiger partial charge >= 0.3 is 0 Å². The summed E-state index contributed by atoms with van der Waals surface area (Å²) in [5.74, 6) is 2.14. The van der Waals surface area contributed by atoms with Gasteiger partial charge < -0.3 is 4.74 Å². The lowest BCUT2D eigenvalue weighted by molar-refractivity contribution is 0.193. The molecule has 4 heterocycles. The number of pyridine rings is 2. The first-order valence-electron chi connectivity index (χ1n) is 8.35. The van der Waals surface area contributed by atoms with Crippen molar-refractivity contribution in [3.8, 4) is 5.88 Å². The highest BCUT2D eigenvalue weighted by molar-refractivity contribution is 5.37. The SMILES string of the molecule is COc1cccc(CN2CCC[C@H](c3nnc4ccccn34)C2)n1. The van der Waals surface area contributed by atoms with Crippen LogP contribution >= 0.6 is 0 Å². The predicted molar refractivity (Wildman–Crippen MR) is 91.0 cm³/mol. The fourth-order valence-corrected chi connectivity index (χ4v) is 3.44. The van der Waals surface area contributed by atoms with Crippen LogP contribution in [0.15, 0.2) is 42.6 Å². The number of aromatic nitrogens is 4. The molecule has 6 nitrogen and oxygen atoms in total. The Morgan fingerprint density at radius 1 is 1.17 bits per heavy atom. The lowest BCUT2D eigenvalue weighted by Gasteiger charge is -2.31. The molecular weight excluding hydrogens is 302 g/mol. The first kappa shape index (κ1) is 15.1. The lowest BCUT2D eigenvalue weighted by Crippen LogP contribution is -2.34. The van der Waals surface area contributed by atoms with Crippen LogP contribution in [0.2, 0.25) is 0 Å². The van der Waals surface area contributed by atoms with E-state index in [2.05, 4.69) is 30.5 Å². The third-order valence-corrected chi connectivity index (χ3v) is 4.59. The van der Waals surface area contributed by atoms with Gasteiger partial charge in [0.05, 0.1) is 12.8 Å². The first-order chi connectivity index (χ1) is 11.8. The van der Waals surface area contributed by atoms with Crippen molar-refractivity contribution in [2.24, 2.45) is 0 Å². The number of fused-ring (bicyclic) bond motifs is 1. The van der Waals surface area contributed by atoms with Crippen LogP contribution in [0, 0.1) is 0 Å². The normalized spacial score (nSPS) is 18.8. The quantitative estimate of drug-likeness (QED) is 0.738. The van der Waals surface area contributed by atoms with E-state index in [-0.39, 0.29) is 0 Å². The second-order valence-corrected chi connectivity index (χ2v) is 6.23. The number of ether oxygens (including phenoxy) is 1. The molecule has 0 spiro atoms. The van der Waals surface area contributed by atoms with Gasteiger partial charge in [-0.2, -0.15) is 0 Å². The van der Waals surface area contributed by atoms with Gasteiger partial charge in [-0.3, -0.25) is 9.30 Å². The summed E-state index contributed by atoms with van der Waals surface area (Å²) in [6.45, 7) is 2.91. The summed E-state index contributed by atoms with van der Waals surface area (Å²) in [7, 11) is 1.65. The largest absolute Gasteiger partial charge is 0.481 e. The van der Waals surface area contributed by atoms with E-state index >= 15 is 0 Å². The van der Waals surface area contributed by atoms with E-state index < -0.39 is 0 Å². The average Bonchev–Trinajstić information content (AvgIpc) is 3.06. The number of hydrogen-bond donors (Lipinski definition) is 0. The number of piperidine rings is 1. The number of hydrogen-bond acceptors (Lipinski definition) is 5. The van der Waals surface area contributed by atoms with Crippen LogP contribution in [0.3, 0.4) is 0 Å². The van der Waals surface area contributed by atoms with E-state index in [9.17, 15) is 0 Å². The van der Waals surface area contributed by atoms with Gasteiger partial charge in [0, 0.05) is 31.3 Å². The minimum atomic E-state index is 0.404. The highest BCUT2D eigenvalue weighted by Gasteiger charge is 2.25. The van der Waals surface area contributed by atoms with Gasteiger partial charge in [0.15, 0.2) is 5.65 Å². The molecule has 1 fully saturated rings. The molecule has 0 bridgehead atoms. The highest BCUT2D eigenvalue weighted by atomic mass is 16.5. The van der Waals surface area contributed by atoms with Crippen LogP contribution in [0.4, 0.5) is 0 Å². The zero-order chi connectivity index (χ0) is 16.4. The molecule has 1 atom stereocenters. The zero-order valence-electron chi connectivity index (χ0n) is 13.8. The third kappa shape index (κ3) is 2.97. The molecule has 1 saturated heterocycles. The Morgan fingerprint density at radius 3 is 3.04 bits per heavy atom. The molecule has 3 aromatic heterocycles. The molecule has 6 heteroatoms. The molecule has 0 amide bonds. The maximum absolute atomic E-state index is 5.22. The summed E-state index contributed by atoms with van der Waals surface area (Å²) in [4.78, 5) is 6.97. The summed E-state index contributed by atoms with van der Waals surface area (Å²) >= 11 is 0. The first-order valence-corrected chi connectivity index (χ1v) is 8.35. The highest BCUT2D eigenvalue weighted by Crippen LogP contribution is 2.27. The molecule has 0 unspecified atom stereocenters. The second-order valence-electron chi connectivity index (χ2n) is 6.23. The fourth-order valence-electron chi connectivity index (χ4n) is 3.44. The number of nitrogens with zero attached hydrogens (tertiary/aromatic N) is 5. The number of methoxy groups -OCH3 is 1. The van der Waals surface area contributed by atoms with Gasteiger partial charge in [-0.05, 0) is 37.6 Å². The Hall–Kier alpha value is -2.47. The smallest absolute Gasteiger partial charge is 0.213 e. The topological polar surface area (TPSA) is 55.5 Å². The van der Waals surface area contributed by atoms with E-state index in [1.165, 1.54) is 0 Å². The summed E-state index contributed by atoms with van der Waals surface area (Å²) in [5.41, 5.74) is 1.96. The molecule has 0 aromatic carbocycles. The van der Waals surface area contributed by atoms with Gasteiger partial charge in [0.2, 0.25) is 5.88 Å². The Bertz CT molecular complexity index is 831. The van der Waals surface area contributed by atoms with Gasteiger partial charge in [0.1, 0.15) is 5.82 Å². The summed E-state index contributed by atoms with van der Waals surface area (Å²) in [6.07, 6.45) is 4.36. The maximum atomic E-state index is 5.22. The van der Waals surface area contributed by atoms with Crippen LogP contribution in [0.5, 0.6) is 5.88 Å². The molecule has 0 N–H and O–H groups in total. The number of likely N-dealkylation sites (tertiary alicyclic amines) is 1. The molecule has 3 aromatic rings. The van der Waals surface area contributed by atoms with Crippen molar-refractivity contribution in [1.29, 1.82) is 0 Å². The Labute approximate surface area is 141 Å². The van der Waals surface area contributed by atoms with E-state index in [0.717, 1.165) is 49.6 Å². The van der Waals surface area contributed by atoms with Gasteiger partial charge in [-0.1, -0.05) is 12.1 Å². The van der Waals surface area contributed by atoms with Crippen molar-refractivity contribution in [3.63, 3.8) is 0 Å². The Kier molecular flexibility index (Phi) is 4.13. The van der Waals surface area contributed by atoms with E-state index in [1.54, 1.807) is 7.11 Å². The summed E-state index contributed by atoms with van der Waals surface area (Å²) in [5, 5.41) is 8.73. The van der Waals surface area contributed by atoms with Gasteiger partial charge in [0.25, 0.3) is 0 Å². The van der Waals surface area contributed by atoms with Crippen molar-refractivity contribution < 1.29 is 4.74 Å². The Balaban J connectivity index is 1.51. The Morgan fingerprint density at radius 2 is 2.12 bits per heavy atom.